The third kappa shape index (κ3) is 3.51. The van der Waals surface area contributed by atoms with Gasteiger partial charge in [-0.25, -0.2) is 4.98 Å². The second-order valence-corrected chi connectivity index (χ2v) is 4.78. The van der Waals surface area contributed by atoms with Crippen LogP contribution in [0.1, 0.15) is 12.7 Å². The third-order valence-corrected chi connectivity index (χ3v) is 3.66. The molecule has 1 heterocycles. The van der Waals surface area contributed by atoms with Crippen LogP contribution >= 0.6 is 34.9 Å². The fourth-order valence-electron chi connectivity index (χ4n) is 0.622. The van der Waals surface area contributed by atoms with E-state index >= 15 is 0 Å². The molecule has 1 aromatic heterocycles. The topological polar surface area (TPSA) is 49.6 Å². The monoisotopic (exact) mass is 233 g/mol. The summed E-state index contributed by atoms with van der Waals surface area (Å²) in [4.78, 5) is 4.24. The average molecular weight is 234 g/mol. The van der Waals surface area contributed by atoms with Gasteiger partial charge in [0.15, 0.2) is 4.34 Å². The Kier molecular flexibility index (Phi) is 4.50. The van der Waals surface area contributed by atoms with Crippen molar-refractivity contribution in [3.63, 3.8) is 0 Å². The lowest BCUT2D eigenvalue weighted by atomic mass is 10.5. The van der Waals surface area contributed by atoms with E-state index in [9.17, 15) is 0 Å². The summed E-state index contributed by atoms with van der Waals surface area (Å²) in [7, 11) is 0. The quantitative estimate of drug-likeness (QED) is 0.592. The van der Waals surface area contributed by atoms with Gasteiger partial charge in [-0.1, -0.05) is 18.7 Å². The number of nitrogens with zero attached hydrogens (tertiary/aromatic N) is 3. The van der Waals surface area contributed by atoms with Crippen LogP contribution in [0, 0.1) is 11.3 Å². The molecule has 0 aliphatic carbocycles. The summed E-state index contributed by atoms with van der Waals surface area (Å²) in [5, 5.41) is 7.99. The van der Waals surface area contributed by atoms with E-state index in [1.54, 1.807) is 0 Å². The summed E-state index contributed by atoms with van der Waals surface area (Å²) in [6, 6.07) is 1.96. The van der Waals surface area contributed by atoms with Gasteiger partial charge in [0.05, 0.1) is 6.07 Å². The Hall–Kier alpha value is -0.310. The van der Waals surface area contributed by atoms with Gasteiger partial charge in [-0.15, -0.1) is 11.6 Å². The molecule has 0 bridgehead atoms. The Morgan fingerprint density at radius 2 is 2.54 bits per heavy atom. The van der Waals surface area contributed by atoms with Gasteiger partial charge in [-0.05, 0) is 11.5 Å². The van der Waals surface area contributed by atoms with Crippen LogP contribution in [0.15, 0.2) is 4.34 Å². The standard InChI is InChI=1S/C7H8ClN3S2/c1-2-6-10-7(13-11-6)12-4-5(8)3-9/h5H,2,4H2,1H3. The van der Waals surface area contributed by atoms with E-state index in [0.29, 0.717) is 5.75 Å². The molecule has 6 heteroatoms. The number of hydrogen-bond acceptors (Lipinski definition) is 5. The Morgan fingerprint density at radius 1 is 1.77 bits per heavy atom. The summed E-state index contributed by atoms with van der Waals surface area (Å²) in [6.45, 7) is 2.01. The lowest BCUT2D eigenvalue weighted by Gasteiger charge is -1.94. The minimum absolute atomic E-state index is 0.445. The van der Waals surface area contributed by atoms with Gasteiger partial charge in [-0.2, -0.15) is 9.64 Å². The Morgan fingerprint density at radius 3 is 3.08 bits per heavy atom. The second-order valence-electron chi connectivity index (χ2n) is 2.24. The minimum Gasteiger partial charge on any atom is -0.213 e. The first-order valence-corrected chi connectivity index (χ1v) is 5.95. The molecule has 0 radical (unpaired) electrons. The molecule has 0 aliphatic heterocycles. The van der Waals surface area contributed by atoms with Crippen LogP contribution in [0.2, 0.25) is 0 Å². The second kappa shape index (κ2) is 5.43. The van der Waals surface area contributed by atoms with Gasteiger partial charge in [0.2, 0.25) is 0 Å². The molecule has 1 rings (SSSR count). The van der Waals surface area contributed by atoms with Crippen molar-refractivity contribution in [1.29, 1.82) is 5.26 Å². The van der Waals surface area contributed by atoms with Crippen molar-refractivity contribution in [3.8, 4) is 6.07 Å². The smallest absolute Gasteiger partial charge is 0.170 e. The molecular formula is C7H8ClN3S2. The maximum atomic E-state index is 8.44. The van der Waals surface area contributed by atoms with Crippen molar-refractivity contribution in [2.24, 2.45) is 0 Å². The Balaban J connectivity index is 2.42. The molecule has 0 saturated carbocycles. The summed E-state index contributed by atoms with van der Waals surface area (Å²) >= 11 is 8.47. The molecule has 0 spiro atoms. The summed E-state index contributed by atoms with van der Waals surface area (Å²) in [5.41, 5.74) is 0. The van der Waals surface area contributed by atoms with Gasteiger partial charge in [0.25, 0.3) is 0 Å². The number of hydrogen-bond donors (Lipinski definition) is 0. The average Bonchev–Trinajstić information content (AvgIpc) is 2.61. The highest BCUT2D eigenvalue weighted by molar-refractivity contribution is 8.01. The number of nitriles is 1. The third-order valence-electron chi connectivity index (χ3n) is 1.26. The summed E-state index contributed by atoms with van der Waals surface area (Å²) in [5.74, 6) is 1.42. The van der Waals surface area contributed by atoms with E-state index in [2.05, 4.69) is 9.36 Å². The van der Waals surface area contributed by atoms with E-state index in [-0.39, 0.29) is 0 Å². The van der Waals surface area contributed by atoms with Crippen LogP contribution in [0.25, 0.3) is 0 Å². The van der Waals surface area contributed by atoms with Gasteiger partial charge < -0.3 is 0 Å². The predicted octanol–water partition coefficient (Wildman–Crippen LogP) is 2.32. The van der Waals surface area contributed by atoms with Crippen molar-refractivity contribution in [1.82, 2.24) is 9.36 Å². The van der Waals surface area contributed by atoms with E-state index < -0.39 is 5.38 Å². The molecule has 0 N–H and O–H groups in total. The molecule has 70 valence electrons. The van der Waals surface area contributed by atoms with Crippen LogP contribution in [-0.4, -0.2) is 20.5 Å². The van der Waals surface area contributed by atoms with Gasteiger partial charge in [-0.3, -0.25) is 0 Å². The van der Waals surface area contributed by atoms with E-state index in [1.165, 1.54) is 23.3 Å². The van der Waals surface area contributed by atoms with E-state index in [0.717, 1.165) is 16.6 Å². The first kappa shape index (κ1) is 10.8. The van der Waals surface area contributed by atoms with Gasteiger partial charge in [0.1, 0.15) is 11.2 Å². The zero-order chi connectivity index (χ0) is 9.68. The first-order chi connectivity index (χ1) is 6.26. The molecule has 3 nitrogen and oxygen atoms in total. The van der Waals surface area contributed by atoms with Crippen LogP contribution in [0.3, 0.4) is 0 Å². The number of aromatic nitrogens is 2. The summed E-state index contributed by atoms with van der Waals surface area (Å²) in [6.07, 6.45) is 0.847. The highest BCUT2D eigenvalue weighted by Gasteiger charge is 2.06. The molecule has 1 aromatic rings. The molecule has 0 aliphatic rings. The molecule has 13 heavy (non-hydrogen) atoms. The van der Waals surface area contributed by atoms with Gasteiger partial charge >= 0.3 is 0 Å². The van der Waals surface area contributed by atoms with E-state index in [4.69, 9.17) is 16.9 Å². The van der Waals surface area contributed by atoms with Crippen molar-refractivity contribution in [2.75, 3.05) is 5.75 Å². The van der Waals surface area contributed by atoms with Crippen LogP contribution < -0.4 is 0 Å². The lowest BCUT2D eigenvalue weighted by Crippen LogP contribution is -1.96. The molecule has 0 amide bonds. The highest BCUT2D eigenvalue weighted by Crippen LogP contribution is 2.22. The molecule has 0 fully saturated rings. The van der Waals surface area contributed by atoms with Crippen LogP contribution in [0.4, 0.5) is 0 Å². The largest absolute Gasteiger partial charge is 0.213 e. The first-order valence-electron chi connectivity index (χ1n) is 3.75. The van der Waals surface area contributed by atoms with Crippen molar-refractivity contribution >= 4 is 34.9 Å². The number of alkyl halides is 1. The number of halogens is 1. The van der Waals surface area contributed by atoms with E-state index in [1.807, 2.05) is 13.0 Å². The SMILES string of the molecule is CCc1nsc(SCC(Cl)C#N)n1. The van der Waals surface area contributed by atoms with Crippen molar-refractivity contribution in [2.45, 2.75) is 23.1 Å². The minimum atomic E-state index is -0.445. The van der Waals surface area contributed by atoms with Crippen LogP contribution in [0.5, 0.6) is 0 Å². The Bertz CT molecular complexity index is 307. The van der Waals surface area contributed by atoms with Crippen LogP contribution in [-0.2, 0) is 6.42 Å². The maximum Gasteiger partial charge on any atom is 0.170 e. The zero-order valence-electron chi connectivity index (χ0n) is 7.03. The van der Waals surface area contributed by atoms with Gasteiger partial charge in [0, 0.05) is 12.2 Å². The van der Waals surface area contributed by atoms with Crippen molar-refractivity contribution < 1.29 is 0 Å². The zero-order valence-corrected chi connectivity index (χ0v) is 9.42. The fraction of sp³-hybridized carbons (Fsp3) is 0.571. The predicted molar refractivity (Wildman–Crippen MR) is 55.3 cm³/mol. The normalized spacial score (nSPS) is 12.4. The molecular weight excluding hydrogens is 226 g/mol. The number of thioether (sulfide) groups is 1. The molecule has 1 atom stereocenters. The number of aryl methyl sites for hydroxylation is 1. The van der Waals surface area contributed by atoms with Crippen molar-refractivity contribution in [3.05, 3.63) is 5.82 Å². The highest BCUT2D eigenvalue weighted by atomic mass is 35.5. The maximum absolute atomic E-state index is 8.44. The molecule has 0 aromatic carbocycles. The summed E-state index contributed by atoms with van der Waals surface area (Å²) < 4.78 is 5.01. The fourth-order valence-corrected chi connectivity index (χ4v) is 2.37. The molecule has 0 saturated heterocycles. The number of rotatable bonds is 4. The lowest BCUT2D eigenvalue weighted by molar-refractivity contribution is 0.971. The molecule has 1 unspecified atom stereocenters. The Labute approximate surface area is 90.3 Å².